The van der Waals surface area contributed by atoms with Crippen molar-refractivity contribution in [3.63, 3.8) is 0 Å². The summed E-state index contributed by atoms with van der Waals surface area (Å²) in [5.74, 6) is 0.624. The van der Waals surface area contributed by atoms with Gasteiger partial charge in [-0.3, -0.25) is 4.79 Å². The molecule has 0 atom stereocenters. The molecule has 1 aromatic rings. The number of ether oxygens (including phenoxy) is 2. The molecule has 1 aliphatic rings. The highest BCUT2D eigenvalue weighted by Crippen LogP contribution is 2.39. The first-order valence-corrected chi connectivity index (χ1v) is 6.76. The third kappa shape index (κ3) is 3.07. The standard InChI is InChI=1S/C15H21NO3.ClH/c1-3-19-14(17)15(8-10-16-11-9-15)12-6-4-5-7-13(12)18-2;/h4-7,16H,3,8-11H2,1-2H3;1H. The number of hydrogen-bond donors (Lipinski definition) is 1. The normalized spacial score (nSPS) is 16.9. The fraction of sp³-hybridized carbons (Fsp3) is 0.533. The summed E-state index contributed by atoms with van der Waals surface area (Å²) in [5.41, 5.74) is 0.367. The van der Waals surface area contributed by atoms with Crippen LogP contribution in [-0.2, 0) is 14.9 Å². The minimum Gasteiger partial charge on any atom is -0.496 e. The Morgan fingerprint density at radius 3 is 2.55 bits per heavy atom. The first kappa shape index (κ1) is 16.8. The molecule has 1 fully saturated rings. The average molecular weight is 300 g/mol. The Morgan fingerprint density at radius 1 is 1.30 bits per heavy atom. The zero-order valence-corrected chi connectivity index (χ0v) is 12.8. The summed E-state index contributed by atoms with van der Waals surface area (Å²) in [6, 6.07) is 7.74. The van der Waals surface area contributed by atoms with Gasteiger partial charge in [-0.05, 0) is 38.9 Å². The van der Waals surface area contributed by atoms with Gasteiger partial charge in [0.25, 0.3) is 0 Å². The Labute approximate surface area is 126 Å². The van der Waals surface area contributed by atoms with Crippen molar-refractivity contribution in [2.45, 2.75) is 25.2 Å². The van der Waals surface area contributed by atoms with Crippen molar-refractivity contribution >= 4 is 18.4 Å². The van der Waals surface area contributed by atoms with E-state index in [2.05, 4.69) is 5.32 Å². The fourth-order valence-electron chi connectivity index (χ4n) is 2.75. The van der Waals surface area contributed by atoms with Crippen molar-refractivity contribution in [2.75, 3.05) is 26.8 Å². The molecule has 4 nitrogen and oxygen atoms in total. The third-order valence-corrected chi connectivity index (χ3v) is 3.75. The molecule has 0 bridgehead atoms. The van der Waals surface area contributed by atoms with Gasteiger partial charge in [0.2, 0.25) is 0 Å². The van der Waals surface area contributed by atoms with Crippen molar-refractivity contribution in [3.05, 3.63) is 29.8 Å². The van der Waals surface area contributed by atoms with Crippen LogP contribution in [0, 0.1) is 0 Å². The summed E-state index contributed by atoms with van der Waals surface area (Å²) in [5, 5.41) is 3.30. The smallest absolute Gasteiger partial charge is 0.316 e. The summed E-state index contributed by atoms with van der Waals surface area (Å²) < 4.78 is 10.7. The van der Waals surface area contributed by atoms with E-state index in [0.717, 1.165) is 37.2 Å². The number of carbonyl (C=O) groups is 1. The van der Waals surface area contributed by atoms with Gasteiger partial charge in [-0.25, -0.2) is 0 Å². The second-order valence-corrected chi connectivity index (χ2v) is 4.75. The van der Waals surface area contributed by atoms with Crippen LogP contribution in [-0.4, -0.2) is 32.8 Å². The van der Waals surface area contributed by atoms with E-state index >= 15 is 0 Å². The van der Waals surface area contributed by atoms with Crippen molar-refractivity contribution in [2.24, 2.45) is 0 Å². The molecule has 0 amide bonds. The molecule has 0 aliphatic carbocycles. The minimum absolute atomic E-state index is 0. The van der Waals surface area contributed by atoms with Crippen LogP contribution >= 0.6 is 12.4 Å². The maximum Gasteiger partial charge on any atom is 0.316 e. The number of rotatable bonds is 4. The largest absolute Gasteiger partial charge is 0.496 e. The van der Waals surface area contributed by atoms with E-state index in [-0.39, 0.29) is 18.4 Å². The van der Waals surface area contributed by atoms with Gasteiger partial charge in [-0.1, -0.05) is 18.2 Å². The van der Waals surface area contributed by atoms with Crippen LogP contribution in [0.2, 0.25) is 0 Å². The van der Waals surface area contributed by atoms with Gasteiger partial charge >= 0.3 is 5.97 Å². The molecular weight excluding hydrogens is 278 g/mol. The third-order valence-electron chi connectivity index (χ3n) is 3.75. The van der Waals surface area contributed by atoms with Gasteiger partial charge in [0, 0.05) is 5.56 Å². The zero-order chi connectivity index (χ0) is 13.7. The molecule has 20 heavy (non-hydrogen) atoms. The lowest BCUT2D eigenvalue weighted by molar-refractivity contribution is -0.151. The number of carbonyl (C=O) groups excluding carboxylic acids is 1. The molecule has 0 saturated carbocycles. The van der Waals surface area contributed by atoms with E-state index in [9.17, 15) is 4.79 Å². The molecule has 1 heterocycles. The second-order valence-electron chi connectivity index (χ2n) is 4.75. The lowest BCUT2D eigenvalue weighted by Crippen LogP contribution is -2.46. The fourth-order valence-corrected chi connectivity index (χ4v) is 2.75. The van der Waals surface area contributed by atoms with Gasteiger partial charge in [-0.15, -0.1) is 12.4 Å². The van der Waals surface area contributed by atoms with E-state index in [4.69, 9.17) is 9.47 Å². The summed E-state index contributed by atoms with van der Waals surface area (Å²) in [6.07, 6.45) is 1.48. The summed E-state index contributed by atoms with van der Waals surface area (Å²) in [7, 11) is 1.64. The predicted octanol–water partition coefficient (Wildman–Crippen LogP) is 2.30. The number of halogens is 1. The monoisotopic (exact) mass is 299 g/mol. The SMILES string of the molecule is CCOC(=O)C1(c2ccccc2OC)CCNCC1.Cl. The highest BCUT2D eigenvalue weighted by atomic mass is 35.5. The van der Waals surface area contributed by atoms with Crippen molar-refractivity contribution in [3.8, 4) is 5.75 Å². The molecule has 0 aromatic heterocycles. The maximum atomic E-state index is 12.5. The molecule has 1 saturated heterocycles. The first-order valence-electron chi connectivity index (χ1n) is 6.76. The number of methoxy groups -OCH3 is 1. The lowest BCUT2D eigenvalue weighted by atomic mass is 9.72. The van der Waals surface area contributed by atoms with Crippen LogP contribution in [0.15, 0.2) is 24.3 Å². The minimum atomic E-state index is -0.576. The number of benzene rings is 1. The Balaban J connectivity index is 0.00000200. The molecule has 0 radical (unpaired) electrons. The Bertz CT molecular complexity index is 444. The van der Waals surface area contributed by atoms with Crippen LogP contribution in [0.1, 0.15) is 25.3 Å². The maximum absolute atomic E-state index is 12.5. The lowest BCUT2D eigenvalue weighted by Gasteiger charge is -2.36. The van der Waals surface area contributed by atoms with E-state index in [0.29, 0.717) is 6.61 Å². The van der Waals surface area contributed by atoms with Crippen molar-refractivity contribution in [1.29, 1.82) is 0 Å². The molecule has 1 aliphatic heterocycles. The van der Waals surface area contributed by atoms with E-state index in [1.165, 1.54) is 0 Å². The van der Waals surface area contributed by atoms with Crippen molar-refractivity contribution < 1.29 is 14.3 Å². The highest BCUT2D eigenvalue weighted by Gasteiger charge is 2.44. The highest BCUT2D eigenvalue weighted by molar-refractivity contribution is 5.85. The van der Waals surface area contributed by atoms with Gasteiger partial charge in [0.15, 0.2) is 0 Å². The summed E-state index contributed by atoms with van der Waals surface area (Å²) >= 11 is 0. The average Bonchev–Trinajstić information content (AvgIpc) is 2.48. The van der Waals surface area contributed by atoms with Gasteiger partial charge < -0.3 is 14.8 Å². The van der Waals surface area contributed by atoms with Crippen LogP contribution in [0.4, 0.5) is 0 Å². The quantitative estimate of drug-likeness (QED) is 0.867. The topological polar surface area (TPSA) is 47.6 Å². The second kappa shape index (κ2) is 7.50. The molecule has 112 valence electrons. The van der Waals surface area contributed by atoms with Gasteiger partial charge in [0.1, 0.15) is 5.75 Å². The van der Waals surface area contributed by atoms with Gasteiger partial charge in [-0.2, -0.15) is 0 Å². The molecule has 5 heteroatoms. The number of nitrogens with one attached hydrogen (secondary N) is 1. The van der Waals surface area contributed by atoms with Crippen LogP contribution in [0.5, 0.6) is 5.75 Å². The number of para-hydroxylation sites is 1. The molecule has 2 rings (SSSR count). The summed E-state index contributed by atoms with van der Waals surface area (Å²) in [4.78, 5) is 12.5. The Kier molecular flexibility index (Phi) is 6.30. The van der Waals surface area contributed by atoms with Crippen molar-refractivity contribution in [1.82, 2.24) is 5.32 Å². The van der Waals surface area contributed by atoms with E-state index in [1.807, 2.05) is 31.2 Å². The zero-order valence-electron chi connectivity index (χ0n) is 12.0. The van der Waals surface area contributed by atoms with E-state index < -0.39 is 5.41 Å². The van der Waals surface area contributed by atoms with Crippen LogP contribution in [0.25, 0.3) is 0 Å². The Morgan fingerprint density at radius 2 is 1.95 bits per heavy atom. The molecule has 0 spiro atoms. The molecule has 0 unspecified atom stereocenters. The Hall–Kier alpha value is -1.26. The van der Waals surface area contributed by atoms with Crippen LogP contribution in [0.3, 0.4) is 0 Å². The summed E-state index contributed by atoms with van der Waals surface area (Å²) in [6.45, 7) is 3.88. The van der Waals surface area contributed by atoms with Crippen LogP contribution < -0.4 is 10.1 Å². The number of piperidine rings is 1. The molecule has 1 N–H and O–H groups in total. The predicted molar refractivity (Wildman–Crippen MR) is 80.7 cm³/mol. The van der Waals surface area contributed by atoms with Gasteiger partial charge in [0.05, 0.1) is 19.1 Å². The van der Waals surface area contributed by atoms with E-state index in [1.54, 1.807) is 7.11 Å². The molecule has 1 aromatic carbocycles. The number of esters is 1. The number of hydrogen-bond acceptors (Lipinski definition) is 4. The first-order chi connectivity index (χ1) is 9.24. The molecular formula is C15H22ClNO3.